The molecule has 0 aliphatic heterocycles. The summed E-state index contributed by atoms with van der Waals surface area (Å²) in [4.78, 5) is 17.7. The quantitative estimate of drug-likeness (QED) is 0.194. The van der Waals surface area contributed by atoms with E-state index in [0.717, 1.165) is 5.56 Å². The first kappa shape index (κ1) is 28.1. The average Bonchev–Trinajstić information content (AvgIpc) is 2.90. The van der Waals surface area contributed by atoms with Crippen LogP contribution in [0, 0.1) is 0 Å². The maximum Gasteiger partial charge on any atom is 0.418 e. The highest BCUT2D eigenvalue weighted by molar-refractivity contribution is 5.98. The number of aromatic nitrogens is 1. The van der Waals surface area contributed by atoms with E-state index in [0.29, 0.717) is 34.3 Å². The standard InChI is InChI=1S/C31H31F3N2O3/c1-22(35-39-19-23-10-5-4-6-11-23)24-12-9-13-25(18-24)29(2,3)20-30(38,31(32,33)34)21-36-17-16-28(37)26-14-7-8-15-27(26)36/h4-18,38H,19-21H2,1-3H3/b35-22-. The van der Waals surface area contributed by atoms with E-state index < -0.39 is 30.2 Å². The van der Waals surface area contributed by atoms with Crippen LogP contribution in [0.25, 0.3) is 10.9 Å². The minimum absolute atomic E-state index is 0.292. The van der Waals surface area contributed by atoms with Gasteiger partial charge in [-0.2, -0.15) is 13.2 Å². The highest BCUT2D eigenvalue weighted by Crippen LogP contribution is 2.42. The molecule has 0 amide bonds. The summed E-state index contributed by atoms with van der Waals surface area (Å²) < 4.78 is 44.6. The highest BCUT2D eigenvalue weighted by atomic mass is 19.4. The number of para-hydroxylation sites is 1. The summed E-state index contributed by atoms with van der Waals surface area (Å²) >= 11 is 0. The van der Waals surface area contributed by atoms with Crippen molar-refractivity contribution in [3.63, 3.8) is 0 Å². The second-order valence-corrected chi connectivity index (χ2v) is 10.4. The molecule has 0 bridgehead atoms. The van der Waals surface area contributed by atoms with Gasteiger partial charge in [0.15, 0.2) is 11.0 Å². The summed E-state index contributed by atoms with van der Waals surface area (Å²) in [5.41, 5.74) is -1.23. The Bertz CT molecular complexity index is 1530. The summed E-state index contributed by atoms with van der Waals surface area (Å²) in [5.74, 6) is 0. The van der Waals surface area contributed by atoms with Gasteiger partial charge in [0.05, 0.1) is 17.8 Å². The maximum absolute atomic E-state index is 14.4. The number of fused-ring (bicyclic) bond motifs is 1. The largest absolute Gasteiger partial charge is 0.418 e. The molecule has 1 atom stereocenters. The predicted octanol–water partition coefficient (Wildman–Crippen LogP) is 6.60. The number of halogens is 3. The Morgan fingerprint density at radius 3 is 2.36 bits per heavy atom. The fourth-order valence-corrected chi connectivity index (χ4v) is 4.75. The van der Waals surface area contributed by atoms with Crippen LogP contribution in [-0.4, -0.2) is 27.2 Å². The fraction of sp³-hybridized carbons (Fsp3) is 0.290. The number of hydrogen-bond acceptors (Lipinski definition) is 4. The maximum atomic E-state index is 14.4. The molecule has 5 nitrogen and oxygen atoms in total. The second kappa shape index (κ2) is 11.1. The van der Waals surface area contributed by atoms with E-state index in [1.54, 1.807) is 63.2 Å². The minimum Gasteiger partial charge on any atom is -0.391 e. The molecule has 0 spiro atoms. The summed E-state index contributed by atoms with van der Waals surface area (Å²) in [7, 11) is 0. The molecule has 0 saturated heterocycles. The SMILES string of the molecule is C/C(=N/OCc1ccccc1)c1cccc(C(C)(C)CC(O)(Cn2ccc(=O)c3ccccc32)C(F)(F)F)c1. The number of oxime groups is 1. The number of pyridine rings is 1. The molecule has 4 aromatic rings. The molecule has 1 unspecified atom stereocenters. The van der Waals surface area contributed by atoms with Crippen molar-refractivity contribution in [3.05, 3.63) is 118 Å². The van der Waals surface area contributed by atoms with Crippen LogP contribution in [0.5, 0.6) is 0 Å². The third-order valence-corrected chi connectivity index (χ3v) is 6.92. The zero-order chi connectivity index (χ0) is 28.3. The van der Waals surface area contributed by atoms with Crippen LogP contribution in [0.1, 0.15) is 43.9 Å². The summed E-state index contributed by atoms with van der Waals surface area (Å²) in [6.07, 6.45) is -4.23. The molecule has 1 aromatic heterocycles. The van der Waals surface area contributed by atoms with E-state index in [9.17, 15) is 23.1 Å². The first-order chi connectivity index (χ1) is 18.4. The molecule has 0 saturated carbocycles. The number of nitrogens with zero attached hydrogens (tertiary/aromatic N) is 2. The highest BCUT2D eigenvalue weighted by Gasteiger charge is 2.56. The first-order valence-corrected chi connectivity index (χ1v) is 12.6. The number of alkyl halides is 3. The molecule has 1 heterocycles. The Kier molecular flexibility index (Phi) is 7.97. The van der Waals surface area contributed by atoms with Crippen molar-refractivity contribution in [3.8, 4) is 0 Å². The molecule has 3 aromatic carbocycles. The fourth-order valence-electron chi connectivity index (χ4n) is 4.75. The van der Waals surface area contributed by atoms with E-state index in [1.807, 2.05) is 36.4 Å². The van der Waals surface area contributed by atoms with Gasteiger partial charge in [0.1, 0.15) is 6.61 Å². The Balaban J connectivity index is 1.59. The second-order valence-electron chi connectivity index (χ2n) is 10.4. The summed E-state index contributed by atoms with van der Waals surface area (Å²) in [6.45, 7) is 4.65. The van der Waals surface area contributed by atoms with Gasteiger partial charge in [-0.25, -0.2) is 0 Å². The number of aliphatic hydroxyl groups is 1. The molecule has 0 radical (unpaired) electrons. The molecule has 0 aliphatic rings. The van der Waals surface area contributed by atoms with Gasteiger partial charge in [-0.3, -0.25) is 4.79 Å². The third kappa shape index (κ3) is 6.40. The number of rotatable bonds is 9. The van der Waals surface area contributed by atoms with Gasteiger partial charge in [-0.15, -0.1) is 0 Å². The predicted molar refractivity (Wildman–Crippen MR) is 147 cm³/mol. The van der Waals surface area contributed by atoms with Crippen molar-refractivity contribution in [2.24, 2.45) is 5.16 Å². The topological polar surface area (TPSA) is 63.8 Å². The van der Waals surface area contributed by atoms with Crippen LogP contribution < -0.4 is 5.43 Å². The van der Waals surface area contributed by atoms with Crippen LogP contribution >= 0.6 is 0 Å². The Morgan fingerprint density at radius 1 is 0.949 bits per heavy atom. The average molecular weight is 537 g/mol. The number of benzene rings is 3. The van der Waals surface area contributed by atoms with Crippen LogP contribution in [0.15, 0.2) is 101 Å². The van der Waals surface area contributed by atoms with Crippen molar-refractivity contribution in [1.82, 2.24) is 4.57 Å². The van der Waals surface area contributed by atoms with Gasteiger partial charge >= 0.3 is 6.18 Å². The Morgan fingerprint density at radius 2 is 1.64 bits per heavy atom. The van der Waals surface area contributed by atoms with E-state index in [2.05, 4.69) is 5.16 Å². The van der Waals surface area contributed by atoms with Crippen molar-refractivity contribution >= 4 is 16.6 Å². The minimum atomic E-state index is -4.92. The lowest BCUT2D eigenvalue weighted by molar-refractivity contribution is -0.271. The van der Waals surface area contributed by atoms with Crippen molar-refractivity contribution in [1.29, 1.82) is 0 Å². The summed E-state index contributed by atoms with van der Waals surface area (Å²) in [6, 6.07) is 24.3. The van der Waals surface area contributed by atoms with Crippen molar-refractivity contribution < 1.29 is 23.1 Å². The Labute approximate surface area is 225 Å². The molecule has 204 valence electrons. The van der Waals surface area contributed by atoms with Crippen LogP contribution in [0.4, 0.5) is 13.2 Å². The van der Waals surface area contributed by atoms with Gasteiger partial charge < -0.3 is 14.5 Å². The monoisotopic (exact) mass is 536 g/mol. The van der Waals surface area contributed by atoms with E-state index in [1.165, 1.54) is 16.8 Å². The zero-order valence-corrected chi connectivity index (χ0v) is 22.1. The molecular weight excluding hydrogens is 505 g/mol. The molecule has 0 fully saturated rings. The molecular formula is C31H31F3N2O3. The van der Waals surface area contributed by atoms with Gasteiger partial charge in [0.25, 0.3) is 0 Å². The molecule has 4 rings (SSSR count). The molecule has 0 aliphatic carbocycles. The van der Waals surface area contributed by atoms with Crippen molar-refractivity contribution in [2.45, 2.75) is 57.5 Å². The zero-order valence-electron chi connectivity index (χ0n) is 22.1. The smallest absolute Gasteiger partial charge is 0.391 e. The van der Waals surface area contributed by atoms with Gasteiger partial charge in [-0.1, -0.05) is 79.7 Å². The number of hydrogen-bond donors (Lipinski definition) is 1. The van der Waals surface area contributed by atoms with Gasteiger partial charge in [-0.05, 0) is 53.6 Å². The first-order valence-electron chi connectivity index (χ1n) is 12.6. The van der Waals surface area contributed by atoms with E-state index in [-0.39, 0.29) is 5.43 Å². The summed E-state index contributed by atoms with van der Waals surface area (Å²) in [5, 5.41) is 15.6. The van der Waals surface area contributed by atoms with Gasteiger partial charge in [0.2, 0.25) is 0 Å². The normalized spacial score (nSPS) is 14.3. The Hall–Kier alpha value is -3.91. The van der Waals surface area contributed by atoms with E-state index >= 15 is 0 Å². The third-order valence-electron chi connectivity index (χ3n) is 6.92. The van der Waals surface area contributed by atoms with Crippen LogP contribution in [0.3, 0.4) is 0 Å². The van der Waals surface area contributed by atoms with E-state index in [4.69, 9.17) is 4.84 Å². The van der Waals surface area contributed by atoms with Gasteiger partial charge in [0, 0.05) is 17.6 Å². The molecule has 1 N–H and O–H groups in total. The lowest BCUT2D eigenvalue weighted by Crippen LogP contribution is -2.52. The van der Waals surface area contributed by atoms with Crippen LogP contribution in [-0.2, 0) is 23.4 Å². The van der Waals surface area contributed by atoms with Crippen molar-refractivity contribution in [2.75, 3.05) is 0 Å². The lowest BCUT2D eigenvalue weighted by atomic mass is 9.74. The van der Waals surface area contributed by atoms with Crippen LogP contribution in [0.2, 0.25) is 0 Å². The molecule has 8 heteroatoms. The molecule has 39 heavy (non-hydrogen) atoms. The lowest BCUT2D eigenvalue weighted by Gasteiger charge is -2.38.